The molecule has 2 aromatic carbocycles. The van der Waals surface area contributed by atoms with E-state index in [1.807, 2.05) is 6.92 Å². The van der Waals surface area contributed by atoms with Gasteiger partial charge in [-0.3, -0.25) is 9.59 Å². The van der Waals surface area contributed by atoms with Crippen LogP contribution in [0.1, 0.15) is 16.1 Å². The van der Waals surface area contributed by atoms with Crippen LogP contribution in [-0.4, -0.2) is 23.3 Å². The summed E-state index contributed by atoms with van der Waals surface area (Å²) in [5.41, 5.74) is 2.31. The van der Waals surface area contributed by atoms with Crippen LogP contribution in [0, 0.1) is 25.5 Å². The molecule has 0 atom stereocenters. The lowest BCUT2D eigenvalue weighted by atomic mass is 10.2. The molecule has 0 aliphatic carbocycles. The summed E-state index contributed by atoms with van der Waals surface area (Å²) in [7, 11) is 0. The van der Waals surface area contributed by atoms with Crippen LogP contribution in [0.2, 0.25) is 0 Å². The van der Waals surface area contributed by atoms with Gasteiger partial charge in [-0.1, -0.05) is 6.07 Å². The second kappa shape index (κ2) is 8.91. The highest BCUT2D eigenvalue weighted by atomic mass is 32.1. The van der Waals surface area contributed by atoms with Gasteiger partial charge in [-0.2, -0.15) is 0 Å². The molecule has 3 rings (SSSR count). The zero-order valence-corrected chi connectivity index (χ0v) is 16.7. The summed E-state index contributed by atoms with van der Waals surface area (Å²) < 4.78 is 26.6. The first-order chi connectivity index (χ1) is 13.8. The normalized spacial score (nSPS) is 10.6. The van der Waals surface area contributed by atoms with Crippen LogP contribution < -0.4 is 10.6 Å². The smallest absolute Gasteiger partial charge is 0.313 e. The van der Waals surface area contributed by atoms with Crippen molar-refractivity contribution in [3.8, 4) is 10.6 Å². The van der Waals surface area contributed by atoms with E-state index >= 15 is 0 Å². The highest BCUT2D eigenvalue weighted by Gasteiger charge is 2.15. The molecular weight excluding hydrogens is 396 g/mol. The molecule has 2 N–H and O–H groups in total. The Bertz CT molecular complexity index is 1050. The van der Waals surface area contributed by atoms with Crippen LogP contribution in [0.25, 0.3) is 10.6 Å². The van der Waals surface area contributed by atoms with Crippen molar-refractivity contribution < 1.29 is 18.4 Å². The molecule has 0 bridgehead atoms. The minimum absolute atomic E-state index is 0.218. The van der Waals surface area contributed by atoms with E-state index in [2.05, 4.69) is 15.6 Å². The molecule has 3 aromatic rings. The van der Waals surface area contributed by atoms with Crippen molar-refractivity contribution in [2.45, 2.75) is 20.3 Å². The fraction of sp³-hybridized carbons (Fsp3) is 0.190. The molecule has 1 heterocycles. The van der Waals surface area contributed by atoms with Crippen LogP contribution in [-0.2, 0) is 16.0 Å². The summed E-state index contributed by atoms with van der Waals surface area (Å²) in [6, 6.07) is 10.3. The average molecular weight is 415 g/mol. The molecule has 1 aromatic heterocycles. The van der Waals surface area contributed by atoms with Crippen LogP contribution in [0.15, 0.2) is 42.5 Å². The number of rotatable bonds is 5. The molecule has 150 valence electrons. The molecule has 5 nitrogen and oxygen atoms in total. The van der Waals surface area contributed by atoms with Gasteiger partial charge in [0.1, 0.15) is 16.6 Å². The summed E-state index contributed by atoms with van der Waals surface area (Å²) in [5, 5.41) is 5.68. The fourth-order valence-electron chi connectivity index (χ4n) is 2.60. The first-order valence-corrected chi connectivity index (χ1v) is 9.72. The Morgan fingerprint density at radius 1 is 1.03 bits per heavy atom. The van der Waals surface area contributed by atoms with E-state index in [0.717, 1.165) is 27.2 Å². The van der Waals surface area contributed by atoms with Crippen molar-refractivity contribution in [1.82, 2.24) is 10.3 Å². The molecule has 29 heavy (non-hydrogen) atoms. The lowest BCUT2D eigenvalue weighted by Crippen LogP contribution is -2.36. The van der Waals surface area contributed by atoms with Crippen molar-refractivity contribution >= 4 is 28.8 Å². The molecule has 8 heteroatoms. The number of nitrogens with zero attached hydrogens (tertiary/aromatic N) is 1. The number of hydrogen-bond acceptors (Lipinski definition) is 4. The molecule has 2 amide bonds. The van der Waals surface area contributed by atoms with E-state index < -0.39 is 17.6 Å². The summed E-state index contributed by atoms with van der Waals surface area (Å²) >= 11 is 1.46. The van der Waals surface area contributed by atoms with Crippen LogP contribution >= 0.6 is 11.3 Å². The SMILES string of the molecule is Cc1ccc(NC(=O)C(=O)NCCc2sc(-c3ccc(F)cc3)nc2C)cc1F. The lowest BCUT2D eigenvalue weighted by Gasteiger charge is -2.07. The van der Waals surface area contributed by atoms with E-state index in [9.17, 15) is 18.4 Å². The van der Waals surface area contributed by atoms with Crippen LogP contribution in [0.5, 0.6) is 0 Å². The molecule has 0 saturated heterocycles. The van der Waals surface area contributed by atoms with Crippen molar-refractivity contribution in [2.24, 2.45) is 0 Å². The van der Waals surface area contributed by atoms with Gasteiger partial charge in [-0.05, 0) is 55.8 Å². The van der Waals surface area contributed by atoms with Gasteiger partial charge in [-0.15, -0.1) is 11.3 Å². The van der Waals surface area contributed by atoms with Gasteiger partial charge in [-0.25, -0.2) is 13.8 Å². The van der Waals surface area contributed by atoms with Crippen LogP contribution in [0.3, 0.4) is 0 Å². The number of aromatic nitrogens is 1. The van der Waals surface area contributed by atoms with Crippen LogP contribution in [0.4, 0.5) is 14.5 Å². The number of benzene rings is 2. The standard InChI is InChI=1S/C21H19F2N3O2S/c1-12-3-8-16(11-17(12)23)26-20(28)19(27)24-10-9-18-13(2)25-21(29-18)14-4-6-15(22)7-5-14/h3-8,11H,9-10H2,1-2H3,(H,24,27)(H,26,28). The zero-order valence-electron chi connectivity index (χ0n) is 15.9. The van der Waals surface area contributed by atoms with Crippen molar-refractivity contribution in [3.63, 3.8) is 0 Å². The Balaban J connectivity index is 1.54. The van der Waals surface area contributed by atoms with Crippen molar-refractivity contribution in [3.05, 3.63) is 70.2 Å². The number of nitrogens with one attached hydrogen (secondary N) is 2. The molecule has 0 aliphatic heterocycles. The highest BCUT2D eigenvalue weighted by Crippen LogP contribution is 2.28. The third kappa shape index (κ3) is 5.23. The van der Waals surface area contributed by atoms with Gasteiger partial charge in [0.25, 0.3) is 0 Å². The summed E-state index contributed by atoms with van der Waals surface area (Å²) in [6.45, 7) is 3.72. The minimum atomic E-state index is -0.860. The van der Waals surface area contributed by atoms with E-state index in [1.54, 1.807) is 19.1 Å². The second-order valence-electron chi connectivity index (χ2n) is 6.46. The Labute approximate surface area is 170 Å². The first kappa shape index (κ1) is 20.6. The monoisotopic (exact) mass is 415 g/mol. The topological polar surface area (TPSA) is 71.1 Å². The maximum Gasteiger partial charge on any atom is 0.313 e. The number of amides is 2. The Hall–Kier alpha value is -3.13. The van der Waals surface area contributed by atoms with E-state index in [4.69, 9.17) is 0 Å². The number of carbonyl (C=O) groups excluding carboxylic acids is 2. The number of hydrogen-bond donors (Lipinski definition) is 2. The number of aryl methyl sites for hydroxylation is 2. The summed E-state index contributed by atoms with van der Waals surface area (Å²) in [4.78, 5) is 29.4. The molecule has 0 saturated carbocycles. The van der Waals surface area contributed by atoms with Gasteiger partial charge in [0, 0.05) is 29.1 Å². The minimum Gasteiger partial charge on any atom is -0.347 e. The highest BCUT2D eigenvalue weighted by molar-refractivity contribution is 7.15. The maximum absolute atomic E-state index is 13.5. The summed E-state index contributed by atoms with van der Waals surface area (Å²) in [6.07, 6.45) is 0.503. The van der Waals surface area contributed by atoms with E-state index in [1.165, 1.54) is 35.6 Å². The maximum atomic E-state index is 13.5. The first-order valence-electron chi connectivity index (χ1n) is 8.91. The third-order valence-corrected chi connectivity index (χ3v) is 5.52. The van der Waals surface area contributed by atoms with Crippen molar-refractivity contribution in [1.29, 1.82) is 0 Å². The molecule has 0 fully saturated rings. The molecular formula is C21H19F2N3O2S. The quantitative estimate of drug-likeness (QED) is 0.619. The number of thiazole rings is 1. The number of halogens is 2. The Morgan fingerprint density at radius 3 is 2.45 bits per heavy atom. The Morgan fingerprint density at radius 2 is 1.76 bits per heavy atom. The van der Waals surface area contributed by atoms with Gasteiger partial charge < -0.3 is 10.6 Å². The van der Waals surface area contributed by atoms with Crippen molar-refractivity contribution in [2.75, 3.05) is 11.9 Å². The van der Waals surface area contributed by atoms with Gasteiger partial charge in [0.05, 0.1) is 5.69 Å². The summed E-state index contributed by atoms with van der Waals surface area (Å²) in [5.74, 6) is -2.43. The molecule has 0 radical (unpaired) electrons. The van der Waals surface area contributed by atoms with Gasteiger partial charge in [0.15, 0.2) is 0 Å². The van der Waals surface area contributed by atoms with Gasteiger partial charge in [0.2, 0.25) is 0 Å². The predicted molar refractivity (Wildman–Crippen MR) is 109 cm³/mol. The van der Waals surface area contributed by atoms with E-state index in [0.29, 0.717) is 12.0 Å². The molecule has 0 unspecified atom stereocenters. The molecule has 0 aliphatic rings. The van der Waals surface area contributed by atoms with Gasteiger partial charge >= 0.3 is 11.8 Å². The largest absolute Gasteiger partial charge is 0.347 e. The number of carbonyl (C=O) groups is 2. The number of anilines is 1. The Kier molecular flexibility index (Phi) is 6.33. The zero-order chi connectivity index (χ0) is 21.0. The average Bonchev–Trinajstić information content (AvgIpc) is 3.06. The molecule has 0 spiro atoms. The fourth-order valence-corrected chi connectivity index (χ4v) is 3.67. The second-order valence-corrected chi connectivity index (χ2v) is 7.54. The predicted octanol–water partition coefficient (Wildman–Crippen LogP) is 4.00. The third-order valence-electron chi connectivity index (χ3n) is 4.26. The lowest BCUT2D eigenvalue weighted by molar-refractivity contribution is -0.136. The van der Waals surface area contributed by atoms with E-state index in [-0.39, 0.29) is 18.0 Å².